The lowest BCUT2D eigenvalue weighted by Crippen LogP contribution is -2.29. The number of pyridine rings is 2. The topological polar surface area (TPSA) is 83.4 Å². The van der Waals surface area contributed by atoms with Crippen molar-refractivity contribution in [3.05, 3.63) is 101 Å². The van der Waals surface area contributed by atoms with Gasteiger partial charge in [-0.2, -0.15) is 0 Å². The second kappa shape index (κ2) is 7.85. The standard InChI is InChI=1S/C22H16ClN3O3/c23-17-5-3-15(4-6-17)19-18(20(27)16-7-10-24-11-8-16)21(28)22(29)26(19)13-14-2-1-9-25-12-14/h1-12,19,27H,13H2. The molecule has 1 unspecified atom stereocenters. The number of hydrogen-bond donors (Lipinski definition) is 1. The quantitative estimate of drug-likeness (QED) is 0.406. The normalized spacial score (nSPS) is 18.2. The Hall–Kier alpha value is -3.51. The molecule has 1 atom stereocenters. The van der Waals surface area contributed by atoms with Crippen LogP contribution in [0, 0.1) is 0 Å². The lowest BCUT2D eigenvalue weighted by atomic mass is 9.95. The monoisotopic (exact) mass is 405 g/mol. The van der Waals surface area contributed by atoms with Gasteiger partial charge in [-0.25, -0.2) is 0 Å². The number of aliphatic hydroxyl groups is 1. The maximum Gasteiger partial charge on any atom is 0.295 e. The van der Waals surface area contributed by atoms with Gasteiger partial charge in [0.25, 0.3) is 11.7 Å². The first-order valence-corrected chi connectivity index (χ1v) is 9.27. The van der Waals surface area contributed by atoms with Gasteiger partial charge < -0.3 is 10.0 Å². The van der Waals surface area contributed by atoms with Crippen molar-refractivity contribution in [2.45, 2.75) is 12.6 Å². The number of ketones is 1. The predicted molar refractivity (Wildman–Crippen MR) is 108 cm³/mol. The van der Waals surface area contributed by atoms with Gasteiger partial charge in [-0.1, -0.05) is 29.8 Å². The molecule has 4 rings (SSSR count). The molecular formula is C22H16ClN3O3. The molecule has 144 valence electrons. The number of amides is 1. The van der Waals surface area contributed by atoms with Crippen molar-refractivity contribution in [1.29, 1.82) is 0 Å². The molecule has 1 fully saturated rings. The smallest absolute Gasteiger partial charge is 0.295 e. The molecule has 0 radical (unpaired) electrons. The molecule has 1 N–H and O–H groups in total. The van der Waals surface area contributed by atoms with Crippen LogP contribution in [-0.4, -0.2) is 31.7 Å². The molecule has 0 saturated carbocycles. The zero-order valence-electron chi connectivity index (χ0n) is 15.2. The van der Waals surface area contributed by atoms with Crippen LogP contribution >= 0.6 is 11.6 Å². The number of likely N-dealkylation sites (tertiary alicyclic amines) is 1. The zero-order valence-corrected chi connectivity index (χ0v) is 16.0. The molecule has 1 aromatic carbocycles. The summed E-state index contributed by atoms with van der Waals surface area (Å²) in [5, 5.41) is 11.4. The van der Waals surface area contributed by atoms with Crippen molar-refractivity contribution in [2.75, 3.05) is 0 Å². The van der Waals surface area contributed by atoms with E-state index in [1.165, 1.54) is 17.3 Å². The minimum absolute atomic E-state index is 0.0346. The van der Waals surface area contributed by atoms with Crippen LogP contribution in [-0.2, 0) is 16.1 Å². The highest BCUT2D eigenvalue weighted by Gasteiger charge is 2.46. The summed E-state index contributed by atoms with van der Waals surface area (Å²) in [6, 6.07) is 12.9. The van der Waals surface area contributed by atoms with E-state index >= 15 is 0 Å². The Balaban J connectivity index is 1.86. The fourth-order valence-electron chi connectivity index (χ4n) is 3.39. The summed E-state index contributed by atoms with van der Waals surface area (Å²) in [6.45, 7) is 0.179. The van der Waals surface area contributed by atoms with Crippen molar-refractivity contribution >= 4 is 29.1 Å². The maximum atomic E-state index is 12.9. The molecular weight excluding hydrogens is 390 g/mol. The number of Topliss-reactive ketones (excluding diaryl/α,β-unsaturated/α-hetero) is 1. The Bertz CT molecular complexity index is 1080. The van der Waals surface area contributed by atoms with Crippen LogP contribution in [0.4, 0.5) is 0 Å². The second-order valence-corrected chi connectivity index (χ2v) is 7.01. The van der Waals surface area contributed by atoms with E-state index in [2.05, 4.69) is 9.97 Å². The molecule has 1 aliphatic heterocycles. The van der Waals surface area contributed by atoms with Crippen molar-refractivity contribution in [3.63, 3.8) is 0 Å². The number of rotatable bonds is 4. The largest absolute Gasteiger partial charge is 0.507 e. The number of carbonyl (C=O) groups excluding carboxylic acids is 2. The molecule has 7 heteroatoms. The first-order valence-electron chi connectivity index (χ1n) is 8.89. The van der Waals surface area contributed by atoms with E-state index in [-0.39, 0.29) is 17.9 Å². The van der Waals surface area contributed by atoms with E-state index in [1.54, 1.807) is 54.9 Å². The lowest BCUT2D eigenvalue weighted by molar-refractivity contribution is -0.140. The SMILES string of the molecule is O=C1C(=O)N(Cc2cccnc2)C(c2ccc(Cl)cc2)C1=C(O)c1ccncc1. The predicted octanol–water partition coefficient (Wildman–Crippen LogP) is 3.75. The van der Waals surface area contributed by atoms with Gasteiger partial charge in [0.2, 0.25) is 0 Å². The first kappa shape index (κ1) is 18.8. The minimum atomic E-state index is -0.749. The number of hydrogen-bond acceptors (Lipinski definition) is 5. The Morgan fingerprint density at radius 2 is 1.72 bits per heavy atom. The Labute approximate surface area is 172 Å². The van der Waals surface area contributed by atoms with E-state index in [0.29, 0.717) is 16.1 Å². The van der Waals surface area contributed by atoms with Gasteiger partial charge in [0.1, 0.15) is 5.76 Å². The summed E-state index contributed by atoms with van der Waals surface area (Å²) in [6.07, 6.45) is 6.30. The van der Waals surface area contributed by atoms with E-state index in [0.717, 1.165) is 5.56 Å². The minimum Gasteiger partial charge on any atom is -0.507 e. The fraction of sp³-hybridized carbons (Fsp3) is 0.0909. The first-order chi connectivity index (χ1) is 14.1. The summed E-state index contributed by atoms with van der Waals surface area (Å²) in [4.78, 5) is 35.2. The average Bonchev–Trinajstić information content (AvgIpc) is 3.00. The number of nitrogens with zero attached hydrogens (tertiary/aromatic N) is 3. The van der Waals surface area contributed by atoms with Crippen molar-refractivity contribution in [1.82, 2.24) is 14.9 Å². The van der Waals surface area contributed by atoms with E-state index in [1.807, 2.05) is 6.07 Å². The highest BCUT2D eigenvalue weighted by atomic mass is 35.5. The van der Waals surface area contributed by atoms with E-state index in [9.17, 15) is 14.7 Å². The Morgan fingerprint density at radius 3 is 2.38 bits per heavy atom. The van der Waals surface area contributed by atoms with Gasteiger partial charge in [0.15, 0.2) is 0 Å². The molecule has 0 bridgehead atoms. The number of aromatic nitrogens is 2. The summed E-state index contributed by atoms with van der Waals surface area (Å²) in [7, 11) is 0. The van der Waals surface area contributed by atoms with Gasteiger partial charge in [-0.05, 0) is 41.5 Å². The van der Waals surface area contributed by atoms with Gasteiger partial charge >= 0.3 is 0 Å². The Kier molecular flexibility index (Phi) is 5.10. The molecule has 1 saturated heterocycles. The third-order valence-electron chi connectivity index (χ3n) is 4.76. The molecule has 3 aromatic rings. The second-order valence-electron chi connectivity index (χ2n) is 6.58. The summed E-state index contributed by atoms with van der Waals surface area (Å²) >= 11 is 6.01. The van der Waals surface area contributed by atoms with Gasteiger partial charge in [-0.15, -0.1) is 0 Å². The fourth-order valence-corrected chi connectivity index (χ4v) is 3.51. The highest BCUT2D eigenvalue weighted by Crippen LogP contribution is 2.40. The third-order valence-corrected chi connectivity index (χ3v) is 5.01. The molecule has 1 aliphatic rings. The molecule has 29 heavy (non-hydrogen) atoms. The molecule has 1 amide bonds. The molecule has 0 aliphatic carbocycles. The number of aliphatic hydroxyl groups excluding tert-OH is 1. The van der Waals surface area contributed by atoms with Crippen LogP contribution in [0.5, 0.6) is 0 Å². The van der Waals surface area contributed by atoms with Gasteiger partial charge in [0, 0.05) is 41.9 Å². The van der Waals surface area contributed by atoms with Gasteiger partial charge in [-0.3, -0.25) is 19.6 Å². The van der Waals surface area contributed by atoms with Crippen molar-refractivity contribution < 1.29 is 14.7 Å². The molecule has 0 spiro atoms. The van der Waals surface area contributed by atoms with Crippen LogP contribution in [0.3, 0.4) is 0 Å². The molecule has 2 aromatic heterocycles. The van der Waals surface area contributed by atoms with Crippen LogP contribution in [0.1, 0.15) is 22.7 Å². The van der Waals surface area contributed by atoms with E-state index in [4.69, 9.17) is 11.6 Å². The van der Waals surface area contributed by atoms with Crippen LogP contribution in [0.25, 0.3) is 5.76 Å². The molecule has 6 nitrogen and oxygen atoms in total. The summed E-state index contributed by atoms with van der Waals surface area (Å²) in [5.41, 5.74) is 1.90. The van der Waals surface area contributed by atoms with Crippen LogP contribution in [0.2, 0.25) is 5.02 Å². The molecule has 3 heterocycles. The van der Waals surface area contributed by atoms with Crippen LogP contribution in [0.15, 0.2) is 78.9 Å². The zero-order chi connectivity index (χ0) is 20.4. The van der Waals surface area contributed by atoms with Gasteiger partial charge in [0.05, 0.1) is 11.6 Å². The van der Waals surface area contributed by atoms with Crippen LogP contribution < -0.4 is 0 Å². The van der Waals surface area contributed by atoms with Crippen molar-refractivity contribution in [3.8, 4) is 0 Å². The maximum absolute atomic E-state index is 12.9. The lowest BCUT2D eigenvalue weighted by Gasteiger charge is -2.25. The number of benzene rings is 1. The average molecular weight is 406 g/mol. The highest BCUT2D eigenvalue weighted by molar-refractivity contribution is 6.46. The van der Waals surface area contributed by atoms with Crippen molar-refractivity contribution in [2.24, 2.45) is 0 Å². The summed E-state index contributed by atoms with van der Waals surface area (Å²) < 4.78 is 0. The summed E-state index contributed by atoms with van der Waals surface area (Å²) in [5.74, 6) is -1.65. The third kappa shape index (κ3) is 3.62. The number of halogens is 1. The van der Waals surface area contributed by atoms with E-state index < -0.39 is 17.7 Å². The Morgan fingerprint density at radius 1 is 1.00 bits per heavy atom. The number of carbonyl (C=O) groups is 2.